The first-order valence-electron chi connectivity index (χ1n) is 7.88. The molecule has 1 unspecified atom stereocenters. The number of para-hydroxylation sites is 1. The van der Waals surface area contributed by atoms with Crippen LogP contribution in [-0.2, 0) is 9.53 Å². The van der Waals surface area contributed by atoms with Crippen LogP contribution in [0.5, 0.6) is 5.75 Å². The highest BCUT2D eigenvalue weighted by Gasteiger charge is 2.54. The number of halogens is 2. The quantitative estimate of drug-likeness (QED) is 0.573. The van der Waals surface area contributed by atoms with Crippen molar-refractivity contribution in [3.63, 3.8) is 0 Å². The molecule has 1 aromatic rings. The molecular formula is C17H17Cl2NO3. The van der Waals surface area contributed by atoms with Gasteiger partial charge in [-0.25, -0.2) is 4.79 Å². The average molecular weight is 354 g/mol. The van der Waals surface area contributed by atoms with Crippen molar-refractivity contribution in [2.24, 2.45) is 0 Å². The molecule has 1 saturated heterocycles. The summed E-state index contributed by atoms with van der Waals surface area (Å²) in [5.74, 6) is 0.671. The molecule has 3 aliphatic rings. The molecule has 0 aliphatic carbocycles. The zero-order valence-corrected chi connectivity index (χ0v) is 14.1. The Labute approximate surface area is 144 Å². The van der Waals surface area contributed by atoms with E-state index in [-0.39, 0.29) is 0 Å². The monoisotopic (exact) mass is 353 g/mol. The van der Waals surface area contributed by atoms with Crippen molar-refractivity contribution >= 4 is 34.9 Å². The maximum absolute atomic E-state index is 12.4. The Balaban J connectivity index is 1.83. The van der Waals surface area contributed by atoms with Crippen LogP contribution in [0.1, 0.15) is 24.8 Å². The van der Waals surface area contributed by atoms with Crippen LogP contribution >= 0.6 is 23.2 Å². The highest BCUT2D eigenvalue weighted by molar-refractivity contribution is 6.58. The molecule has 3 aliphatic heterocycles. The number of benzene rings is 1. The topological polar surface area (TPSA) is 38.8 Å². The average Bonchev–Trinajstić information content (AvgIpc) is 2.57. The number of hydrogen-bond acceptors (Lipinski definition) is 4. The lowest BCUT2D eigenvalue weighted by atomic mass is 9.91. The van der Waals surface area contributed by atoms with E-state index in [9.17, 15) is 4.79 Å². The van der Waals surface area contributed by atoms with Crippen molar-refractivity contribution in [3.05, 3.63) is 35.4 Å². The Morgan fingerprint density at radius 1 is 1.13 bits per heavy atom. The van der Waals surface area contributed by atoms with Gasteiger partial charge in [-0.1, -0.05) is 41.8 Å². The second-order valence-corrected chi connectivity index (χ2v) is 7.54. The van der Waals surface area contributed by atoms with E-state index in [0.717, 1.165) is 37.1 Å². The van der Waals surface area contributed by atoms with E-state index in [2.05, 4.69) is 4.90 Å². The molecule has 0 saturated carbocycles. The standard InChI is InChI=1S/C17H17Cl2NO3/c18-17(19)15(20-8-4-1-5-9-20)12-10-22-13-7-3-2-6-11(13)14(12)23-16(17)21/h2-3,6-7,15H,1,4-5,8-10H2. The highest BCUT2D eigenvalue weighted by atomic mass is 35.5. The van der Waals surface area contributed by atoms with Crippen LogP contribution in [0.25, 0.3) is 5.76 Å². The molecule has 0 spiro atoms. The van der Waals surface area contributed by atoms with Crippen molar-refractivity contribution < 1.29 is 14.3 Å². The number of fused-ring (bicyclic) bond motifs is 2. The van der Waals surface area contributed by atoms with Crippen molar-refractivity contribution in [3.8, 4) is 5.75 Å². The number of esters is 1. The molecule has 4 nitrogen and oxygen atoms in total. The van der Waals surface area contributed by atoms with Crippen LogP contribution in [0.2, 0.25) is 0 Å². The summed E-state index contributed by atoms with van der Waals surface area (Å²) in [7, 11) is 0. The molecule has 0 radical (unpaired) electrons. The first-order valence-corrected chi connectivity index (χ1v) is 8.64. The Morgan fingerprint density at radius 3 is 2.65 bits per heavy atom. The smallest absolute Gasteiger partial charge is 0.350 e. The fraction of sp³-hybridized carbons (Fsp3) is 0.471. The van der Waals surface area contributed by atoms with E-state index < -0.39 is 16.3 Å². The first-order chi connectivity index (χ1) is 11.1. The van der Waals surface area contributed by atoms with Crippen LogP contribution in [-0.4, -0.2) is 40.9 Å². The predicted molar refractivity (Wildman–Crippen MR) is 88.6 cm³/mol. The maximum atomic E-state index is 12.4. The number of likely N-dealkylation sites (tertiary alicyclic amines) is 1. The van der Waals surface area contributed by atoms with Crippen molar-refractivity contribution in [1.29, 1.82) is 0 Å². The number of alkyl halides is 2. The first kappa shape index (κ1) is 15.3. The number of rotatable bonds is 1. The zero-order chi connectivity index (χ0) is 16.0. The van der Waals surface area contributed by atoms with Gasteiger partial charge in [-0.15, -0.1) is 0 Å². The second-order valence-electron chi connectivity index (χ2n) is 6.15. The van der Waals surface area contributed by atoms with Crippen molar-refractivity contribution in [1.82, 2.24) is 4.90 Å². The number of carbonyl (C=O) groups is 1. The Morgan fingerprint density at radius 2 is 1.87 bits per heavy atom. The molecule has 4 rings (SSSR count). The summed E-state index contributed by atoms with van der Waals surface area (Å²) in [4.78, 5) is 14.6. The lowest BCUT2D eigenvalue weighted by molar-refractivity contribution is -0.140. The van der Waals surface area contributed by atoms with Gasteiger partial charge in [0.2, 0.25) is 4.33 Å². The SMILES string of the molecule is O=C1OC2=C(COc3ccccc32)C(N2CCCCC2)C1(Cl)Cl. The third-order valence-corrected chi connectivity index (χ3v) is 5.42. The van der Waals surface area contributed by atoms with E-state index >= 15 is 0 Å². The minimum atomic E-state index is -1.61. The molecule has 3 heterocycles. The normalized spacial score (nSPS) is 26.9. The Bertz CT molecular complexity index is 680. The molecule has 122 valence electrons. The summed E-state index contributed by atoms with van der Waals surface area (Å²) >= 11 is 12.9. The summed E-state index contributed by atoms with van der Waals surface area (Å²) in [6.45, 7) is 2.08. The second kappa shape index (κ2) is 5.69. The van der Waals surface area contributed by atoms with Gasteiger partial charge in [0, 0.05) is 5.57 Å². The summed E-state index contributed by atoms with van der Waals surface area (Å²) < 4.78 is 9.77. The fourth-order valence-electron chi connectivity index (χ4n) is 3.62. The van der Waals surface area contributed by atoms with Gasteiger partial charge in [-0.3, -0.25) is 4.90 Å². The van der Waals surface area contributed by atoms with Crippen LogP contribution in [0, 0.1) is 0 Å². The maximum Gasteiger partial charge on any atom is 0.350 e. The molecule has 6 heteroatoms. The van der Waals surface area contributed by atoms with Gasteiger partial charge in [-0.05, 0) is 38.1 Å². The lowest BCUT2D eigenvalue weighted by Crippen LogP contribution is -2.57. The Hall–Kier alpha value is -1.23. The van der Waals surface area contributed by atoms with E-state index in [1.54, 1.807) is 0 Å². The number of ether oxygens (including phenoxy) is 2. The Kier molecular flexibility index (Phi) is 3.79. The number of hydrogen-bond donors (Lipinski definition) is 0. The fourth-order valence-corrected chi connectivity index (χ4v) is 4.23. The van der Waals surface area contributed by atoms with E-state index in [4.69, 9.17) is 32.7 Å². The lowest BCUT2D eigenvalue weighted by Gasteiger charge is -2.44. The molecule has 0 amide bonds. The highest BCUT2D eigenvalue weighted by Crippen LogP contribution is 2.47. The molecule has 23 heavy (non-hydrogen) atoms. The van der Waals surface area contributed by atoms with E-state index in [1.165, 1.54) is 6.42 Å². The molecule has 1 atom stereocenters. The van der Waals surface area contributed by atoms with Crippen LogP contribution in [0.15, 0.2) is 29.8 Å². The third-order valence-electron chi connectivity index (χ3n) is 4.70. The van der Waals surface area contributed by atoms with Gasteiger partial charge in [0.05, 0.1) is 11.6 Å². The van der Waals surface area contributed by atoms with Crippen LogP contribution in [0.3, 0.4) is 0 Å². The minimum absolute atomic E-state index is 0.335. The predicted octanol–water partition coefficient (Wildman–Crippen LogP) is 3.38. The molecule has 1 aromatic carbocycles. The molecule has 0 aromatic heterocycles. The van der Waals surface area contributed by atoms with Crippen molar-refractivity contribution in [2.45, 2.75) is 29.6 Å². The van der Waals surface area contributed by atoms with E-state index in [1.807, 2.05) is 24.3 Å². The largest absolute Gasteiger partial charge is 0.488 e. The van der Waals surface area contributed by atoms with Crippen LogP contribution in [0.4, 0.5) is 0 Å². The number of carbonyl (C=O) groups excluding carboxylic acids is 1. The summed E-state index contributed by atoms with van der Waals surface area (Å²) in [5, 5.41) is 0. The van der Waals surface area contributed by atoms with Crippen LogP contribution < -0.4 is 4.74 Å². The summed E-state index contributed by atoms with van der Waals surface area (Å²) in [6.07, 6.45) is 3.35. The molecule has 1 fully saturated rings. The summed E-state index contributed by atoms with van der Waals surface area (Å²) in [6, 6.07) is 7.14. The van der Waals surface area contributed by atoms with Gasteiger partial charge >= 0.3 is 5.97 Å². The molecule has 0 bridgehead atoms. The summed E-state index contributed by atoms with van der Waals surface area (Å²) in [5.41, 5.74) is 1.64. The molecular weight excluding hydrogens is 337 g/mol. The minimum Gasteiger partial charge on any atom is -0.488 e. The van der Waals surface area contributed by atoms with E-state index in [0.29, 0.717) is 18.1 Å². The van der Waals surface area contributed by atoms with Gasteiger partial charge in [0.15, 0.2) is 0 Å². The van der Waals surface area contributed by atoms with Crippen molar-refractivity contribution in [2.75, 3.05) is 19.7 Å². The number of nitrogens with zero attached hydrogens (tertiary/aromatic N) is 1. The van der Waals surface area contributed by atoms with Gasteiger partial charge in [0.1, 0.15) is 18.1 Å². The molecule has 0 N–H and O–H groups in total. The zero-order valence-electron chi connectivity index (χ0n) is 12.6. The van der Waals surface area contributed by atoms with Gasteiger partial charge in [-0.2, -0.15) is 0 Å². The van der Waals surface area contributed by atoms with Gasteiger partial charge in [0.25, 0.3) is 0 Å². The van der Waals surface area contributed by atoms with Gasteiger partial charge < -0.3 is 9.47 Å². The number of piperidine rings is 1. The third kappa shape index (κ3) is 2.44.